The number of rotatable bonds is 3. The topological polar surface area (TPSA) is 12.4 Å². The summed E-state index contributed by atoms with van der Waals surface area (Å²) in [6, 6.07) is 7.85. The van der Waals surface area contributed by atoms with Crippen LogP contribution in [0.1, 0.15) is 11.1 Å². The Bertz CT molecular complexity index is 353. The van der Waals surface area contributed by atoms with Crippen molar-refractivity contribution in [1.82, 2.24) is 0 Å². The summed E-state index contributed by atoms with van der Waals surface area (Å²) >= 11 is 4.06. The van der Waals surface area contributed by atoms with E-state index in [1.165, 1.54) is 0 Å². The fourth-order valence-electron chi connectivity index (χ4n) is 1.10. The quantitative estimate of drug-likeness (QED) is 0.553. The summed E-state index contributed by atoms with van der Waals surface area (Å²) in [5.74, 6) is 0. The smallest absolute Gasteiger partial charge is 0.0761 e. The highest BCUT2D eigenvalue weighted by Gasteiger charge is 2.01. The molecule has 0 atom stereocenters. The monoisotopic (exact) mass is 189 g/mol. The molecule has 0 aliphatic rings. The van der Waals surface area contributed by atoms with E-state index in [-0.39, 0.29) is 0 Å². The molecule has 1 nitrogen and oxygen atoms in total. The van der Waals surface area contributed by atoms with Crippen molar-refractivity contribution in [2.24, 2.45) is 4.99 Å². The van der Waals surface area contributed by atoms with Gasteiger partial charge in [0.15, 0.2) is 0 Å². The average molecular weight is 189 g/mol. The summed E-state index contributed by atoms with van der Waals surface area (Å²) in [5, 5.41) is 1.63. The van der Waals surface area contributed by atoms with Crippen LogP contribution in [0.15, 0.2) is 41.2 Å². The molecule has 0 amide bonds. The highest BCUT2D eigenvalue weighted by atomic mass is 32.1. The lowest BCUT2D eigenvalue weighted by Crippen LogP contribution is -1.84. The zero-order valence-electron chi connectivity index (χ0n) is 7.27. The van der Waals surface area contributed by atoms with E-state index in [2.05, 4.69) is 30.9 Å². The van der Waals surface area contributed by atoms with Gasteiger partial charge >= 0.3 is 0 Å². The largest absolute Gasteiger partial charge is 0.263 e. The van der Waals surface area contributed by atoms with Gasteiger partial charge in [0.2, 0.25) is 0 Å². The molecule has 2 heteroatoms. The molecule has 1 rings (SSSR count). The van der Waals surface area contributed by atoms with Gasteiger partial charge in [-0.25, -0.2) is 0 Å². The molecule has 1 aromatic rings. The van der Waals surface area contributed by atoms with E-state index in [4.69, 9.17) is 0 Å². The third-order valence-electron chi connectivity index (χ3n) is 1.75. The minimum Gasteiger partial charge on any atom is -0.263 e. The first kappa shape index (κ1) is 9.81. The molecule has 0 aliphatic carbocycles. The van der Waals surface area contributed by atoms with Crippen molar-refractivity contribution in [2.75, 3.05) is 0 Å². The fourth-order valence-corrected chi connectivity index (χ4v) is 1.32. The Balaban J connectivity index is 3.27. The molecule has 0 heterocycles. The molecule has 0 fully saturated rings. The lowest BCUT2D eigenvalue weighted by molar-refractivity contribution is 1.51. The van der Waals surface area contributed by atoms with Crippen molar-refractivity contribution in [3.8, 4) is 0 Å². The number of benzene rings is 1. The zero-order chi connectivity index (χ0) is 9.68. The van der Waals surface area contributed by atoms with Crippen LogP contribution in [0.3, 0.4) is 0 Å². The first-order valence-corrected chi connectivity index (χ1v) is 4.38. The molecule has 0 N–H and O–H groups in total. The zero-order valence-corrected chi connectivity index (χ0v) is 8.17. The molecule has 0 saturated heterocycles. The molecule has 0 aliphatic heterocycles. The number of hydrogen-bond acceptors (Lipinski definition) is 2. The SMILES string of the molecule is C=Cc1ccccc1/C(=C/S)N=C. The molecule has 0 radical (unpaired) electrons. The fraction of sp³-hybridized carbons (Fsp3) is 0. The van der Waals surface area contributed by atoms with Crippen LogP contribution in [0.4, 0.5) is 0 Å². The maximum atomic E-state index is 4.06. The highest BCUT2D eigenvalue weighted by molar-refractivity contribution is 7.83. The van der Waals surface area contributed by atoms with Crippen LogP contribution in [0, 0.1) is 0 Å². The van der Waals surface area contributed by atoms with E-state index in [1.54, 1.807) is 11.5 Å². The Morgan fingerprint density at radius 3 is 2.62 bits per heavy atom. The van der Waals surface area contributed by atoms with E-state index in [1.807, 2.05) is 24.3 Å². The molecular formula is C11H11NS. The Labute approximate surface area is 83.9 Å². The number of aliphatic imine (C=N–C) groups is 1. The Morgan fingerprint density at radius 1 is 1.38 bits per heavy atom. The molecule has 0 unspecified atom stereocenters. The van der Waals surface area contributed by atoms with Crippen molar-refractivity contribution in [1.29, 1.82) is 0 Å². The molecule has 66 valence electrons. The van der Waals surface area contributed by atoms with E-state index < -0.39 is 0 Å². The Hall–Kier alpha value is -1.28. The van der Waals surface area contributed by atoms with Crippen molar-refractivity contribution >= 4 is 31.1 Å². The Morgan fingerprint density at radius 2 is 2.08 bits per heavy atom. The van der Waals surface area contributed by atoms with Crippen LogP contribution in [0.5, 0.6) is 0 Å². The predicted octanol–water partition coefficient (Wildman–Crippen LogP) is 3.26. The van der Waals surface area contributed by atoms with Gasteiger partial charge in [-0.3, -0.25) is 4.99 Å². The van der Waals surface area contributed by atoms with E-state index in [0.29, 0.717) is 0 Å². The van der Waals surface area contributed by atoms with Crippen LogP contribution in [-0.2, 0) is 0 Å². The van der Waals surface area contributed by atoms with Crippen molar-refractivity contribution in [3.05, 3.63) is 47.4 Å². The summed E-state index contributed by atoms with van der Waals surface area (Å²) in [5.41, 5.74) is 2.80. The number of thiol groups is 1. The molecule has 0 spiro atoms. The van der Waals surface area contributed by atoms with Gasteiger partial charge in [-0.1, -0.05) is 36.9 Å². The van der Waals surface area contributed by atoms with Crippen LogP contribution in [0.25, 0.3) is 11.8 Å². The summed E-state index contributed by atoms with van der Waals surface area (Å²) in [6.45, 7) is 7.21. The lowest BCUT2D eigenvalue weighted by Gasteiger charge is -2.04. The minimum atomic E-state index is 0.763. The van der Waals surface area contributed by atoms with Crippen molar-refractivity contribution in [2.45, 2.75) is 0 Å². The Kier molecular flexibility index (Phi) is 3.53. The number of hydrogen-bond donors (Lipinski definition) is 1. The maximum Gasteiger partial charge on any atom is 0.0761 e. The number of nitrogens with zero attached hydrogens (tertiary/aromatic N) is 1. The van der Waals surface area contributed by atoms with Gasteiger partial charge in [0.1, 0.15) is 0 Å². The molecule has 0 bridgehead atoms. The minimum absolute atomic E-state index is 0.763. The van der Waals surface area contributed by atoms with Gasteiger partial charge < -0.3 is 0 Å². The van der Waals surface area contributed by atoms with E-state index in [0.717, 1.165) is 16.8 Å². The third kappa shape index (κ3) is 2.10. The maximum absolute atomic E-state index is 4.06. The van der Waals surface area contributed by atoms with Gasteiger partial charge in [-0.05, 0) is 17.7 Å². The van der Waals surface area contributed by atoms with Gasteiger partial charge in [0.25, 0.3) is 0 Å². The van der Waals surface area contributed by atoms with E-state index in [9.17, 15) is 0 Å². The lowest BCUT2D eigenvalue weighted by atomic mass is 10.1. The van der Waals surface area contributed by atoms with Gasteiger partial charge in [0, 0.05) is 5.56 Å². The normalized spacial score (nSPS) is 11.0. The second-order valence-corrected chi connectivity index (χ2v) is 2.72. The van der Waals surface area contributed by atoms with Gasteiger partial charge in [0.05, 0.1) is 5.70 Å². The molecular weight excluding hydrogens is 178 g/mol. The molecule has 13 heavy (non-hydrogen) atoms. The first-order valence-electron chi connectivity index (χ1n) is 3.86. The standard InChI is InChI=1S/C11H11NS/c1-3-9-6-4-5-7-10(9)11(8-13)12-2/h3-8,13H,1-2H2/b11-8-. The van der Waals surface area contributed by atoms with Crippen molar-refractivity contribution < 1.29 is 0 Å². The van der Waals surface area contributed by atoms with Crippen LogP contribution < -0.4 is 0 Å². The average Bonchev–Trinajstić information content (AvgIpc) is 2.20. The summed E-state index contributed by atoms with van der Waals surface area (Å²) in [4.78, 5) is 3.87. The molecule has 1 aromatic carbocycles. The third-order valence-corrected chi connectivity index (χ3v) is 1.99. The highest BCUT2D eigenvalue weighted by Crippen LogP contribution is 2.21. The summed E-state index contributed by atoms with van der Waals surface area (Å²) in [6.07, 6.45) is 1.79. The summed E-state index contributed by atoms with van der Waals surface area (Å²) < 4.78 is 0. The molecule has 0 aromatic heterocycles. The predicted molar refractivity (Wildman–Crippen MR) is 63.0 cm³/mol. The van der Waals surface area contributed by atoms with Crippen LogP contribution >= 0.6 is 12.6 Å². The summed E-state index contributed by atoms with van der Waals surface area (Å²) in [7, 11) is 0. The van der Waals surface area contributed by atoms with Crippen LogP contribution in [0.2, 0.25) is 0 Å². The van der Waals surface area contributed by atoms with Gasteiger partial charge in [-0.2, -0.15) is 0 Å². The molecule has 0 saturated carbocycles. The van der Waals surface area contributed by atoms with Crippen molar-refractivity contribution in [3.63, 3.8) is 0 Å². The van der Waals surface area contributed by atoms with Gasteiger partial charge in [-0.15, -0.1) is 12.6 Å². The van der Waals surface area contributed by atoms with E-state index >= 15 is 0 Å². The van der Waals surface area contributed by atoms with Crippen LogP contribution in [-0.4, -0.2) is 6.72 Å². The second kappa shape index (κ2) is 4.67. The second-order valence-electron chi connectivity index (χ2n) is 2.46. The first-order chi connectivity index (χ1) is 6.33.